The van der Waals surface area contributed by atoms with Crippen LogP contribution in [0.25, 0.3) is 0 Å². The van der Waals surface area contributed by atoms with Crippen LogP contribution >= 0.6 is 0 Å². The molecule has 25 heavy (non-hydrogen) atoms. The fraction of sp³-hybridized carbons (Fsp3) is 0.267. The number of nitro benzene ring substituents is 1. The molecule has 0 unspecified atom stereocenters. The third-order valence-electron chi connectivity index (χ3n) is 3.41. The summed E-state index contributed by atoms with van der Waals surface area (Å²) in [7, 11) is 1.17. The largest absolute Gasteiger partial charge is 0.465 e. The predicted octanol–water partition coefficient (Wildman–Crippen LogP) is 1.67. The number of rotatable bonds is 6. The van der Waals surface area contributed by atoms with E-state index >= 15 is 0 Å². The molecular formula is C15H17N5O5. The molecule has 0 aliphatic heterocycles. The van der Waals surface area contributed by atoms with Crippen molar-refractivity contribution in [3.8, 4) is 0 Å². The number of nitro groups is 1. The van der Waals surface area contributed by atoms with E-state index in [9.17, 15) is 19.7 Å². The molecule has 0 aliphatic carbocycles. The number of hydrogen-bond acceptors (Lipinski definition) is 8. The summed E-state index contributed by atoms with van der Waals surface area (Å²) in [5.41, 5.74) is 5.77. The van der Waals surface area contributed by atoms with Crippen LogP contribution in [0.1, 0.15) is 34.1 Å². The summed E-state index contributed by atoms with van der Waals surface area (Å²) in [6.45, 7) is 2.48. The first-order valence-electron chi connectivity index (χ1n) is 7.39. The molecule has 0 amide bonds. The first-order chi connectivity index (χ1) is 11.9. The smallest absolute Gasteiger partial charge is 0.343 e. The van der Waals surface area contributed by atoms with Gasteiger partial charge in [0.05, 0.1) is 18.2 Å². The molecule has 0 saturated heterocycles. The summed E-state index contributed by atoms with van der Waals surface area (Å²) in [6, 6.07) is 4.01. The molecule has 0 spiro atoms. The Labute approximate surface area is 142 Å². The highest BCUT2D eigenvalue weighted by Gasteiger charge is 2.23. The van der Waals surface area contributed by atoms with Crippen LogP contribution in [0.2, 0.25) is 0 Å². The van der Waals surface area contributed by atoms with Gasteiger partial charge in [0.15, 0.2) is 0 Å². The maximum absolute atomic E-state index is 12.5. The predicted molar refractivity (Wildman–Crippen MR) is 89.6 cm³/mol. The Morgan fingerprint density at radius 2 is 2.16 bits per heavy atom. The average Bonchev–Trinajstić information content (AvgIpc) is 2.99. The molecule has 0 saturated carbocycles. The number of ether oxygens (including phenoxy) is 1. The second-order valence-electron chi connectivity index (χ2n) is 5.07. The molecule has 132 valence electrons. The fourth-order valence-corrected chi connectivity index (χ4v) is 2.13. The lowest BCUT2D eigenvalue weighted by Crippen LogP contribution is -2.17. The lowest BCUT2D eigenvalue weighted by molar-refractivity contribution is -0.384. The standard InChI is InChI=1S/C15H17N5O5/c1-3-6-17-11-5-4-9(7-12(11)20(23)24)14(21)19-13(16)10(8-18-19)15(22)25-2/h4-5,7-8,17H,3,6,16H2,1-2H3. The van der Waals surface area contributed by atoms with Crippen molar-refractivity contribution in [2.24, 2.45) is 0 Å². The molecule has 10 heteroatoms. The highest BCUT2D eigenvalue weighted by molar-refractivity contribution is 6.02. The van der Waals surface area contributed by atoms with Gasteiger partial charge >= 0.3 is 5.97 Å². The molecule has 1 heterocycles. The third kappa shape index (κ3) is 3.57. The van der Waals surface area contributed by atoms with Gasteiger partial charge in [-0.2, -0.15) is 9.78 Å². The molecule has 1 aromatic heterocycles. The summed E-state index contributed by atoms with van der Waals surface area (Å²) >= 11 is 0. The van der Waals surface area contributed by atoms with Crippen molar-refractivity contribution in [3.63, 3.8) is 0 Å². The van der Waals surface area contributed by atoms with Gasteiger partial charge in [0.1, 0.15) is 17.1 Å². The zero-order chi connectivity index (χ0) is 18.6. The molecule has 0 atom stereocenters. The second-order valence-corrected chi connectivity index (χ2v) is 5.07. The van der Waals surface area contributed by atoms with Gasteiger partial charge in [-0.25, -0.2) is 4.79 Å². The first-order valence-corrected chi connectivity index (χ1v) is 7.39. The lowest BCUT2D eigenvalue weighted by Gasteiger charge is -2.08. The molecule has 3 N–H and O–H groups in total. The molecule has 2 aromatic rings. The Hall–Kier alpha value is -3.43. The molecule has 0 bridgehead atoms. The highest BCUT2D eigenvalue weighted by atomic mass is 16.6. The number of benzene rings is 1. The summed E-state index contributed by atoms with van der Waals surface area (Å²) in [6.07, 6.45) is 1.89. The number of carbonyl (C=O) groups excluding carboxylic acids is 2. The van der Waals surface area contributed by atoms with E-state index in [-0.39, 0.29) is 22.6 Å². The van der Waals surface area contributed by atoms with E-state index < -0.39 is 16.8 Å². The van der Waals surface area contributed by atoms with E-state index in [0.29, 0.717) is 12.2 Å². The Morgan fingerprint density at radius 1 is 1.44 bits per heavy atom. The van der Waals surface area contributed by atoms with Crippen LogP contribution in [-0.2, 0) is 4.74 Å². The maximum atomic E-state index is 12.5. The number of nitrogens with two attached hydrogens (primary N) is 1. The lowest BCUT2D eigenvalue weighted by atomic mass is 10.1. The minimum Gasteiger partial charge on any atom is -0.465 e. The van der Waals surface area contributed by atoms with Crippen molar-refractivity contribution < 1.29 is 19.2 Å². The Kier molecular flexibility index (Phi) is 5.32. The van der Waals surface area contributed by atoms with Gasteiger partial charge in [-0.15, -0.1) is 0 Å². The Balaban J connectivity index is 2.40. The van der Waals surface area contributed by atoms with Crippen molar-refractivity contribution in [1.29, 1.82) is 0 Å². The molecular weight excluding hydrogens is 330 g/mol. The Bertz CT molecular complexity index is 830. The number of nitrogen functional groups attached to an aromatic ring is 1. The van der Waals surface area contributed by atoms with Gasteiger partial charge in [-0.05, 0) is 18.6 Å². The molecule has 10 nitrogen and oxygen atoms in total. The van der Waals surface area contributed by atoms with Crippen LogP contribution in [0.5, 0.6) is 0 Å². The SMILES string of the molecule is CCCNc1ccc(C(=O)n2ncc(C(=O)OC)c2N)cc1[N+](=O)[O-]. The van der Waals surface area contributed by atoms with Gasteiger partial charge in [-0.1, -0.05) is 6.92 Å². The zero-order valence-corrected chi connectivity index (χ0v) is 13.7. The fourth-order valence-electron chi connectivity index (χ4n) is 2.13. The second kappa shape index (κ2) is 7.43. The van der Waals surface area contributed by atoms with Gasteiger partial charge in [-0.3, -0.25) is 14.9 Å². The van der Waals surface area contributed by atoms with Crippen molar-refractivity contribution in [2.45, 2.75) is 13.3 Å². The van der Waals surface area contributed by atoms with Crippen molar-refractivity contribution >= 4 is 29.1 Å². The van der Waals surface area contributed by atoms with Crippen molar-refractivity contribution in [3.05, 3.63) is 45.6 Å². The van der Waals surface area contributed by atoms with Gasteiger partial charge in [0.2, 0.25) is 0 Å². The van der Waals surface area contributed by atoms with Crippen LogP contribution in [0.3, 0.4) is 0 Å². The number of anilines is 2. The number of carbonyl (C=O) groups is 2. The van der Waals surface area contributed by atoms with E-state index in [2.05, 4.69) is 15.2 Å². The molecule has 1 aromatic carbocycles. The van der Waals surface area contributed by atoms with Crippen LogP contribution in [0.15, 0.2) is 24.4 Å². The maximum Gasteiger partial charge on any atom is 0.343 e. The quantitative estimate of drug-likeness (QED) is 0.456. The Morgan fingerprint density at radius 3 is 2.76 bits per heavy atom. The van der Waals surface area contributed by atoms with Gasteiger partial charge < -0.3 is 15.8 Å². The van der Waals surface area contributed by atoms with Crippen LogP contribution in [0.4, 0.5) is 17.2 Å². The number of aromatic nitrogens is 2. The number of nitrogens with zero attached hydrogens (tertiary/aromatic N) is 3. The number of methoxy groups -OCH3 is 1. The molecule has 0 aliphatic rings. The van der Waals surface area contributed by atoms with Crippen LogP contribution < -0.4 is 11.1 Å². The van der Waals surface area contributed by atoms with E-state index in [1.54, 1.807) is 0 Å². The topological polar surface area (TPSA) is 142 Å². The highest BCUT2D eigenvalue weighted by Crippen LogP contribution is 2.26. The summed E-state index contributed by atoms with van der Waals surface area (Å²) in [5.74, 6) is -1.63. The first kappa shape index (κ1) is 17.9. The van der Waals surface area contributed by atoms with Gasteiger partial charge in [0, 0.05) is 18.2 Å². The summed E-state index contributed by atoms with van der Waals surface area (Å²) < 4.78 is 5.33. The minimum atomic E-state index is -0.735. The third-order valence-corrected chi connectivity index (χ3v) is 3.41. The van der Waals surface area contributed by atoms with Crippen molar-refractivity contribution in [1.82, 2.24) is 9.78 Å². The minimum absolute atomic E-state index is 0.0139. The number of hydrogen-bond donors (Lipinski definition) is 2. The molecule has 0 fully saturated rings. The van der Waals surface area contributed by atoms with E-state index in [4.69, 9.17) is 5.73 Å². The van der Waals surface area contributed by atoms with E-state index in [1.807, 2.05) is 6.92 Å². The monoisotopic (exact) mass is 347 g/mol. The van der Waals surface area contributed by atoms with E-state index in [0.717, 1.165) is 23.4 Å². The normalized spacial score (nSPS) is 10.3. The summed E-state index contributed by atoms with van der Waals surface area (Å²) in [4.78, 5) is 34.7. The summed E-state index contributed by atoms with van der Waals surface area (Å²) in [5, 5.41) is 17.9. The number of nitrogens with one attached hydrogen (secondary N) is 1. The van der Waals surface area contributed by atoms with E-state index in [1.165, 1.54) is 19.2 Å². The average molecular weight is 347 g/mol. The van der Waals surface area contributed by atoms with Crippen molar-refractivity contribution in [2.75, 3.05) is 24.7 Å². The van der Waals surface area contributed by atoms with Crippen LogP contribution in [-0.4, -0.2) is 40.2 Å². The molecule has 2 rings (SSSR count). The zero-order valence-electron chi connectivity index (χ0n) is 13.7. The van der Waals surface area contributed by atoms with Gasteiger partial charge in [0.25, 0.3) is 11.6 Å². The molecule has 0 radical (unpaired) electrons. The van der Waals surface area contributed by atoms with Crippen LogP contribution in [0, 0.1) is 10.1 Å². The number of esters is 1.